The summed E-state index contributed by atoms with van der Waals surface area (Å²) in [6, 6.07) is 1.75. The monoisotopic (exact) mass is 199 g/mol. The molecule has 0 aliphatic heterocycles. The molecule has 0 amide bonds. The SMILES string of the molecule is Cc1ncc(C#N)c(OCC(F)F)n1. The number of halogens is 2. The van der Waals surface area contributed by atoms with E-state index < -0.39 is 13.0 Å². The van der Waals surface area contributed by atoms with Gasteiger partial charge in [-0.15, -0.1) is 0 Å². The highest BCUT2D eigenvalue weighted by Crippen LogP contribution is 2.13. The molecular weight excluding hydrogens is 192 g/mol. The predicted molar refractivity (Wildman–Crippen MR) is 43.0 cm³/mol. The van der Waals surface area contributed by atoms with Crippen LogP contribution in [0.15, 0.2) is 6.20 Å². The van der Waals surface area contributed by atoms with Crippen LogP contribution in [0.25, 0.3) is 0 Å². The fourth-order valence-electron chi connectivity index (χ4n) is 0.778. The van der Waals surface area contributed by atoms with Gasteiger partial charge in [-0.05, 0) is 6.92 Å². The van der Waals surface area contributed by atoms with Gasteiger partial charge in [-0.1, -0.05) is 0 Å². The van der Waals surface area contributed by atoms with Crippen molar-refractivity contribution in [2.45, 2.75) is 13.3 Å². The number of aromatic nitrogens is 2. The molecule has 4 nitrogen and oxygen atoms in total. The smallest absolute Gasteiger partial charge is 0.272 e. The second kappa shape index (κ2) is 4.46. The van der Waals surface area contributed by atoms with E-state index >= 15 is 0 Å². The third-order valence-electron chi connectivity index (χ3n) is 1.34. The average Bonchev–Trinajstić information content (AvgIpc) is 2.15. The second-order valence-electron chi connectivity index (χ2n) is 2.45. The lowest BCUT2D eigenvalue weighted by Gasteiger charge is -2.05. The van der Waals surface area contributed by atoms with Crippen LogP contribution in [0.4, 0.5) is 8.78 Å². The minimum Gasteiger partial charge on any atom is -0.471 e. The lowest BCUT2D eigenvalue weighted by Crippen LogP contribution is -2.09. The van der Waals surface area contributed by atoms with E-state index in [1.165, 1.54) is 6.20 Å². The van der Waals surface area contributed by atoms with Crippen LogP contribution < -0.4 is 4.74 Å². The molecule has 0 bridgehead atoms. The number of aryl methyl sites for hydroxylation is 1. The van der Waals surface area contributed by atoms with Crippen LogP contribution in [0.3, 0.4) is 0 Å². The first-order valence-corrected chi connectivity index (χ1v) is 3.78. The molecule has 0 saturated heterocycles. The minimum atomic E-state index is -2.59. The summed E-state index contributed by atoms with van der Waals surface area (Å²) in [4.78, 5) is 7.46. The summed E-state index contributed by atoms with van der Waals surface area (Å²) in [5.74, 6) is 0.272. The van der Waals surface area contributed by atoms with Crippen molar-refractivity contribution in [3.63, 3.8) is 0 Å². The summed E-state index contributed by atoms with van der Waals surface area (Å²) in [5.41, 5.74) is 0.0521. The number of nitrogens with zero attached hydrogens (tertiary/aromatic N) is 3. The highest BCUT2D eigenvalue weighted by Gasteiger charge is 2.09. The molecule has 0 unspecified atom stereocenters. The second-order valence-corrected chi connectivity index (χ2v) is 2.45. The Bertz CT molecular complexity index is 362. The van der Waals surface area contributed by atoms with E-state index in [-0.39, 0.29) is 11.4 Å². The summed E-state index contributed by atoms with van der Waals surface area (Å²) in [5, 5.41) is 8.58. The summed E-state index contributed by atoms with van der Waals surface area (Å²) < 4.78 is 28.3. The minimum absolute atomic E-state index is 0.0521. The van der Waals surface area contributed by atoms with Gasteiger partial charge in [0, 0.05) is 0 Å². The quantitative estimate of drug-likeness (QED) is 0.736. The molecule has 1 heterocycles. The maximum absolute atomic E-state index is 11.8. The Kier molecular flexibility index (Phi) is 3.29. The topological polar surface area (TPSA) is 58.8 Å². The summed E-state index contributed by atoms with van der Waals surface area (Å²) in [6.07, 6.45) is -1.35. The van der Waals surface area contributed by atoms with Gasteiger partial charge in [-0.3, -0.25) is 0 Å². The van der Waals surface area contributed by atoms with Crippen LogP contribution in [0.5, 0.6) is 5.88 Å². The summed E-state index contributed by atoms with van der Waals surface area (Å²) >= 11 is 0. The zero-order valence-electron chi connectivity index (χ0n) is 7.37. The largest absolute Gasteiger partial charge is 0.471 e. The van der Waals surface area contributed by atoms with Crippen molar-refractivity contribution in [2.24, 2.45) is 0 Å². The molecule has 0 aliphatic carbocycles. The van der Waals surface area contributed by atoms with E-state index in [0.29, 0.717) is 5.82 Å². The first-order chi connectivity index (χ1) is 6.63. The van der Waals surface area contributed by atoms with Crippen molar-refractivity contribution in [1.29, 1.82) is 5.26 Å². The van der Waals surface area contributed by atoms with E-state index in [9.17, 15) is 8.78 Å². The molecule has 14 heavy (non-hydrogen) atoms. The Hall–Kier alpha value is -1.77. The zero-order chi connectivity index (χ0) is 10.6. The number of rotatable bonds is 3. The standard InChI is InChI=1S/C8H7F2N3O/c1-5-12-3-6(2-11)8(13-5)14-4-7(9)10/h3,7H,4H2,1H3. The van der Waals surface area contributed by atoms with Crippen LogP contribution in [-0.4, -0.2) is 23.0 Å². The maximum Gasteiger partial charge on any atom is 0.272 e. The molecular formula is C8H7F2N3O. The molecule has 0 fully saturated rings. The van der Waals surface area contributed by atoms with Crippen LogP contribution in [-0.2, 0) is 0 Å². The van der Waals surface area contributed by atoms with Crippen molar-refractivity contribution in [3.05, 3.63) is 17.6 Å². The van der Waals surface area contributed by atoms with Gasteiger partial charge in [-0.25, -0.2) is 13.8 Å². The van der Waals surface area contributed by atoms with Crippen LogP contribution in [0.1, 0.15) is 11.4 Å². The third kappa shape index (κ3) is 2.62. The molecule has 6 heteroatoms. The van der Waals surface area contributed by atoms with Crippen LogP contribution >= 0.6 is 0 Å². The molecule has 1 aromatic heterocycles. The molecule has 0 aromatic carbocycles. The molecule has 0 N–H and O–H groups in total. The Labute approximate surface area is 79.2 Å². The van der Waals surface area contributed by atoms with Crippen molar-refractivity contribution in [3.8, 4) is 11.9 Å². The Morgan fingerprint density at radius 2 is 2.36 bits per heavy atom. The highest BCUT2D eigenvalue weighted by molar-refractivity contribution is 5.35. The lowest BCUT2D eigenvalue weighted by atomic mass is 10.3. The number of hydrogen-bond donors (Lipinski definition) is 0. The van der Waals surface area contributed by atoms with Gasteiger partial charge in [0.25, 0.3) is 6.43 Å². The molecule has 0 spiro atoms. The van der Waals surface area contributed by atoms with Gasteiger partial charge < -0.3 is 4.74 Å². The van der Waals surface area contributed by atoms with Crippen molar-refractivity contribution >= 4 is 0 Å². The first-order valence-electron chi connectivity index (χ1n) is 3.78. The van der Waals surface area contributed by atoms with Gasteiger partial charge in [0.1, 0.15) is 17.5 Å². The van der Waals surface area contributed by atoms with Crippen molar-refractivity contribution in [2.75, 3.05) is 6.61 Å². The van der Waals surface area contributed by atoms with E-state index in [1.807, 2.05) is 0 Å². The van der Waals surface area contributed by atoms with E-state index in [0.717, 1.165) is 0 Å². The molecule has 0 saturated carbocycles. The molecule has 74 valence electrons. The Morgan fingerprint density at radius 3 is 2.93 bits per heavy atom. The molecule has 0 atom stereocenters. The van der Waals surface area contributed by atoms with Crippen LogP contribution in [0.2, 0.25) is 0 Å². The highest BCUT2D eigenvalue weighted by atomic mass is 19.3. The van der Waals surface area contributed by atoms with Gasteiger partial charge >= 0.3 is 0 Å². The van der Waals surface area contributed by atoms with E-state index in [1.54, 1.807) is 13.0 Å². The van der Waals surface area contributed by atoms with Gasteiger partial charge in [0.05, 0.1) is 6.20 Å². The fourth-order valence-corrected chi connectivity index (χ4v) is 0.778. The zero-order valence-corrected chi connectivity index (χ0v) is 7.37. The van der Waals surface area contributed by atoms with Crippen molar-refractivity contribution in [1.82, 2.24) is 9.97 Å². The number of hydrogen-bond acceptors (Lipinski definition) is 4. The average molecular weight is 199 g/mol. The molecule has 1 aromatic rings. The summed E-state index contributed by atoms with van der Waals surface area (Å²) in [6.45, 7) is 0.807. The maximum atomic E-state index is 11.8. The Morgan fingerprint density at radius 1 is 1.64 bits per heavy atom. The number of ether oxygens (including phenoxy) is 1. The third-order valence-corrected chi connectivity index (χ3v) is 1.34. The Balaban J connectivity index is 2.84. The summed E-state index contributed by atoms with van der Waals surface area (Å²) in [7, 11) is 0. The van der Waals surface area contributed by atoms with Crippen LogP contribution in [0, 0.1) is 18.3 Å². The molecule has 1 rings (SSSR count). The van der Waals surface area contributed by atoms with Gasteiger partial charge in [0.2, 0.25) is 5.88 Å². The first kappa shape index (κ1) is 10.3. The van der Waals surface area contributed by atoms with Gasteiger partial charge in [-0.2, -0.15) is 10.2 Å². The molecule has 0 aliphatic rings. The lowest BCUT2D eigenvalue weighted by molar-refractivity contribution is 0.0792. The van der Waals surface area contributed by atoms with Crippen molar-refractivity contribution < 1.29 is 13.5 Å². The number of alkyl halides is 2. The van der Waals surface area contributed by atoms with Gasteiger partial charge in [0.15, 0.2) is 6.61 Å². The van der Waals surface area contributed by atoms with E-state index in [4.69, 9.17) is 5.26 Å². The van der Waals surface area contributed by atoms with E-state index in [2.05, 4.69) is 14.7 Å². The number of nitriles is 1. The predicted octanol–water partition coefficient (Wildman–Crippen LogP) is 1.30. The molecule has 0 radical (unpaired) electrons. The fraction of sp³-hybridized carbons (Fsp3) is 0.375. The normalized spacial score (nSPS) is 9.93.